The van der Waals surface area contributed by atoms with Crippen molar-refractivity contribution in [1.29, 1.82) is 0 Å². The normalized spacial score (nSPS) is 12.3. The molecule has 32 heavy (non-hydrogen) atoms. The number of sulfone groups is 1. The van der Waals surface area contributed by atoms with Crippen LogP contribution in [0, 0.1) is 12.7 Å². The molecule has 0 aliphatic heterocycles. The summed E-state index contributed by atoms with van der Waals surface area (Å²) in [5, 5.41) is 0.414. The Morgan fingerprint density at radius 1 is 0.938 bits per heavy atom. The maximum atomic E-state index is 14.8. The molecule has 4 rings (SSSR count). The summed E-state index contributed by atoms with van der Waals surface area (Å²) < 4.78 is 66.7. The number of halogens is 1. The molecule has 0 unspecified atom stereocenters. The highest BCUT2D eigenvalue weighted by atomic mass is 32.2. The van der Waals surface area contributed by atoms with Gasteiger partial charge in [-0.15, -0.1) is 0 Å². The number of pyridine rings is 1. The van der Waals surface area contributed by atoms with Gasteiger partial charge in [-0.3, -0.25) is 0 Å². The molecule has 166 valence electrons. The molecule has 9 heteroatoms. The first-order chi connectivity index (χ1) is 15.1. The number of nitrogens with zero attached hydrogens (tertiary/aromatic N) is 2. The highest BCUT2D eigenvalue weighted by Crippen LogP contribution is 2.33. The molecule has 0 bridgehead atoms. The Morgan fingerprint density at radius 3 is 2.34 bits per heavy atom. The molecule has 0 saturated heterocycles. The van der Waals surface area contributed by atoms with Gasteiger partial charge in [-0.1, -0.05) is 37.3 Å². The number of fused-ring (bicyclic) bond motifs is 1. The highest BCUT2D eigenvalue weighted by Gasteiger charge is 2.22. The van der Waals surface area contributed by atoms with E-state index in [0.717, 1.165) is 10.0 Å². The predicted molar refractivity (Wildman–Crippen MR) is 122 cm³/mol. The maximum Gasteiger partial charge on any atom is 0.244 e. The highest BCUT2D eigenvalue weighted by molar-refractivity contribution is 7.91. The van der Waals surface area contributed by atoms with Crippen LogP contribution in [0.1, 0.15) is 18.2 Å². The molecule has 0 N–H and O–H groups in total. The first kappa shape index (κ1) is 22.2. The van der Waals surface area contributed by atoms with Crippen molar-refractivity contribution in [3.8, 4) is 11.1 Å². The first-order valence-electron chi connectivity index (χ1n) is 9.91. The number of aromatic nitrogens is 2. The Labute approximate surface area is 186 Å². The summed E-state index contributed by atoms with van der Waals surface area (Å²) in [4.78, 5) is 4.40. The fraction of sp³-hybridized carbons (Fsp3) is 0.174. The van der Waals surface area contributed by atoms with Crippen molar-refractivity contribution >= 4 is 30.9 Å². The topological polar surface area (TPSA) is 86.1 Å². The van der Waals surface area contributed by atoms with Crippen LogP contribution < -0.4 is 0 Å². The van der Waals surface area contributed by atoms with Gasteiger partial charge in [0.25, 0.3) is 0 Å². The molecule has 0 radical (unpaired) electrons. The van der Waals surface area contributed by atoms with E-state index in [-0.39, 0.29) is 27.6 Å². The second kappa shape index (κ2) is 8.14. The monoisotopic (exact) mass is 472 g/mol. The van der Waals surface area contributed by atoms with Crippen LogP contribution in [0.5, 0.6) is 0 Å². The lowest BCUT2D eigenvalue weighted by molar-refractivity contribution is 0.587. The molecule has 0 fully saturated rings. The molecule has 2 aromatic carbocycles. The Bertz CT molecular complexity index is 1530. The van der Waals surface area contributed by atoms with Gasteiger partial charge in [-0.25, -0.2) is 30.2 Å². The Hall–Kier alpha value is -3.04. The van der Waals surface area contributed by atoms with Crippen LogP contribution in [0.3, 0.4) is 0 Å². The molecule has 0 atom stereocenters. The number of rotatable bonds is 6. The van der Waals surface area contributed by atoms with E-state index in [2.05, 4.69) is 4.98 Å². The fourth-order valence-electron chi connectivity index (χ4n) is 3.58. The summed E-state index contributed by atoms with van der Waals surface area (Å²) in [5.41, 5.74) is 1.73. The molecular weight excluding hydrogens is 451 g/mol. The molecule has 0 spiro atoms. The Balaban J connectivity index is 1.90. The summed E-state index contributed by atoms with van der Waals surface area (Å²) in [7, 11) is -7.34. The van der Waals surface area contributed by atoms with Crippen LogP contribution in [-0.2, 0) is 25.6 Å². The summed E-state index contributed by atoms with van der Waals surface area (Å²) in [6, 6.07) is 15.6. The SMILES string of the molecule is CCS(=O)(=O)c1ccc(F)c(-c2cc(C)nc3c2ccn3S(=O)(=O)Cc2ccccc2)c1. The van der Waals surface area contributed by atoms with Gasteiger partial charge < -0.3 is 0 Å². The average Bonchev–Trinajstić information content (AvgIpc) is 3.18. The van der Waals surface area contributed by atoms with E-state index in [1.807, 2.05) is 0 Å². The summed E-state index contributed by atoms with van der Waals surface area (Å²) in [5.74, 6) is -0.940. The molecule has 0 aliphatic carbocycles. The molecule has 0 aliphatic rings. The van der Waals surface area contributed by atoms with E-state index in [4.69, 9.17) is 0 Å². The smallest absolute Gasteiger partial charge is 0.234 e. The number of hydrogen-bond acceptors (Lipinski definition) is 5. The Kier molecular flexibility index (Phi) is 5.64. The molecule has 2 heterocycles. The lowest BCUT2D eigenvalue weighted by Crippen LogP contribution is -2.14. The van der Waals surface area contributed by atoms with E-state index >= 15 is 0 Å². The van der Waals surface area contributed by atoms with Gasteiger partial charge in [0, 0.05) is 22.8 Å². The third kappa shape index (κ3) is 4.05. The maximum absolute atomic E-state index is 14.8. The minimum absolute atomic E-state index is 0.00940. The van der Waals surface area contributed by atoms with E-state index in [0.29, 0.717) is 22.2 Å². The van der Waals surface area contributed by atoms with E-state index in [9.17, 15) is 21.2 Å². The molecule has 0 saturated carbocycles. The van der Waals surface area contributed by atoms with Crippen molar-refractivity contribution in [1.82, 2.24) is 8.96 Å². The van der Waals surface area contributed by atoms with Gasteiger partial charge in [0.1, 0.15) is 5.82 Å². The third-order valence-electron chi connectivity index (χ3n) is 5.21. The van der Waals surface area contributed by atoms with Crippen molar-refractivity contribution in [3.63, 3.8) is 0 Å². The lowest BCUT2D eigenvalue weighted by atomic mass is 10.0. The Morgan fingerprint density at radius 2 is 1.66 bits per heavy atom. The second-order valence-corrected chi connectivity index (χ2v) is 11.6. The van der Waals surface area contributed by atoms with Gasteiger partial charge in [0.2, 0.25) is 10.0 Å². The van der Waals surface area contributed by atoms with Gasteiger partial charge in [-0.2, -0.15) is 0 Å². The third-order valence-corrected chi connectivity index (χ3v) is 8.54. The van der Waals surface area contributed by atoms with Crippen LogP contribution in [0.15, 0.2) is 71.8 Å². The summed E-state index contributed by atoms with van der Waals surface area (Å²) in [6.45, 7) is 3.19. The molecular formula is C23H21FN2O4S2. The molecule has 4 aromatic rings. The molecule has 6 nitrogen and oxygen atoms in total. The van der Waals surface area contributed by atoms with E-state index < -0.39 is 25.7 Å². The summed E-state index contributed by atoms with van der Waals surface area (Å²) in [6.07, 6.45) is 1.39. The molecule has 0 amide bonds. The first-order valence-corrected chi connectivity index (χ1v) is 13.2. The zero-order valence-electron chi connectivity index (χ0n) is 17.5. The van der Waals surface area contributed by atoms with Gasteiger partial charge >= 0.3 is 0 Å². The minimum atomic E-state index is -3.79. The zero-order valence-corrected chi connectivity index (χ0v) is 19.1. The average molecular weight is 473 g/mol. The molecule has 2 aromatic heterocycles. The standard InChI is InChI=1S/C23H21FN2O4S2/c1-3-31(27,28)18-9-10-22(24)21(14-18)20-13-16(2)25-23-19(20)11-12-26(23)32(29,30)15-17-7-5-4-6-8-17/h4-14H,3,15H2,1-2H3. The van der Waals surface area contributed by atoms with Crippen LogP contribution in [0.2, 0.25) is 0 Å². The van der Waals surface area contributed by atoms with E-state index in [1.165, 1.54) is 25.3 Å². The lowest BCUT2D eigenvalue weighted by Gasteiger charge is -2.11. The van der Waals surface area contributed by atoms with Crippen LogP contribution in [0.25, 0.3) is 22.2 Å². The predicted octanol–water partition coefficient (Wildman–Crippen LogP) is 4.32. The minimum Gasteiger partial charge on any atom is -0.234 e. The van der Waals surface area contributed by atoms with Crippen LogP contribution in [-0.4, -0.2) is 31.5 Å². The van der Waals surface area contributed by atoms with Gasteiger partial charge in [0.15, 0.2) is 15.5 Å². The summed E-state index contributed by atoms with van der Waals surface area (Å²) >= 11 is 0. The van der Waals surface area contributed by atoms with Crippen molar-refractivity contribution in [2.24, 2.45) is 0 Å². The van der Waals surface area contributed by atoms with Crippen LogP contribution in [0.4, 0.5) is 4.39 Å². The van der Waals surface area contributed by atoms with Crippen LogP contribution >= 0.6 is 0 Å². The van der Waals surface area contributed by atoms with Crippen molar-refractivity contribution in [2.45, 2.75) is 24.5 Å². The number of benzene rings is 2. The largest absolute Gasteiger partial charge is 0.244 e. The van der Waals surface area contributed by atoms with Gasteiger partial charge in [0.05, 0.1) is 16.4 Å². The van der Waals surface area contributed by atoms with Crippen molar-refractivity contribution < 1.29 is 21.2 Å². The quantitative estimate of drug-likeness (QED) is 0.390. The second-order valence-electron chi connectivity index (χ2n) is 7.45. The van der Waals surface area contributed by atoms with E-state index in [1.54, 1.807) is 49.4 Å². The van der Waals surface area contributed by atoms with Crippen molar-refractivity contribution in [3.05, 3.63) is 83.9 Å². The number of hydrogen-bond donors (Lipinski definition) is 0. The van der Waals surface area contributed by atoms with Gasteiger partial charge in [-0.05, 0) is 48.4 Å². The fourth-order valence-corrected chi connectivity index (χ4v) is 5.89. The zero-order chi connectivity index (χ0) is 23.1. The van der Waals surface area contributed by atoms with Crippen molar-refractivity contribution in [2.75, 3.05) is 5.75 Å². The number of aryl methyl sites for hydroxylation is 1.